The van der Waals surface area contributed by atoms with Crippen LogP contribution in [0.2, 0.25) is 0 Å². The number of allylic oxidation sites excluding steroid dienone is 2. The van der Waals surface area contributed by atoms with E-state index in [9.17, 15) is 27.6 Å². The van der Waals surface area contributed by atoms with Gasteiger partial charge in [-0.15, -0.1) is 13.2 Å². The molecule has 0 heterocycles. The van der Waals surface area contributed by atoms with Crippen LogP contribution >= 0.6 is 0 Å². The van der Waals surface area contributed by atoms with Crippen LogP contribution in [0.4, 0.5) is 13.2 Å². The number of hydrogen-bond donors (Lipinski definition) is 3. The van der Waals surface area contributed by atoms with Gasteiger partial charge in [-0.05, 0) is 103 Å². The zero-order valence-electron chi connectivity index (χ0n) is 25.3. The predicted octanol–water partition coefficient (Wildman–Crippen LogP) is 7.34. The molecule has 2 amide bonds. The summed E-state index contributed by atoms with van der Waals surface area (Å²) in [5.41, 5.74) is 5.20. The van der Waals surface area contributed by atoms with Crippen molar-refractivity contribution in [2.45, 2.75) is 69.7 Å². The summed E-state index contributed by atoms with van der Waals surface area (Å²) in [4.78, 5) is 37.2. The maximum absolute atomic E-state index is 14.0. The normalized spacial score (nSPS) is 16.1. The molecular formula is C36H37F3N2O5. The Balaban J connectivity index is 1.35. The molecular weight excluding hydrogens is 597 g/mol. The van der Waals surface area contributed by atoms with Gasteiger partial charge in [0.2, 0.25) is 5.91 Å². The summed E-state index contributed by atoms with van der Waals surface area (Å²) in [5, 5.41) is 14.6. The van der Waals surface area contributed by atoms with Crippen LogP contribution in [0.15, 0.2) is 78.9 Å². The van der Waals surface area contributed by atoms with E-state index in [0.29, 0.717) is 17.5 Å². The number of ether oxygens (including phenoxy) is 1. The predicted molar refractivity (Wildman–Crippen MR) is 167 cm³/mol. The number of nitrogens with one attached hydrogen (secondary N) is 2. The second-order valence-corrected chi connectivity index (χ2v) is 11.9. The lowest BCUT2D eigenvalue weighted by Gasteiger charge is -2.24. The molecule has 0 spiro atoms. The zero-order valence-corrected chi connectivity index (χ0v) is 25.3. The van der Waals surface area contributed by atoms with Gasteiger partial charge < -0.3 is 20.5 Å². The third-order valence-electron chi connectivity index (χ3n) is 8.44. The summed E-state index contributed by atoms with van der Waals surface area (Å²) >= 11 is 0. The highest BCUT2D eigenvalue weighted by molar-refractivity contribution is 5.94. The molecule has 3 aromatic rings. The summed E-state index contributed by atoms with van der Waals surface area (Å²) in [6.07, 6.45) is 3.88. The van der Waals surface area contributed by atoms with E-state index < -0.39 is 18.2 Å². The highest BCUT2D eigenvalue weighted by Gasteiger charge is 2.36. The molecule has 2 unspecified atom stereocenters. The van der Waals surface area contributed by atoms with Gasteiger partial charge in [-0.3, -0.25) is 14.4 Å². The first-order chi connectivity index (χ1) is 22.1. The number of aliphatic carboxylic acids is 1. The molecule has 5 rings (SSSR count). The topological polar surface area (TPSA) is 105 Å². The number of benzene rings is 3. The number of carbonyl (C=O) groups is 3. The van der Waals surface area contributed by atoms with Crippen molar-refractivity contribution in [1.82, 2.24) is 10.6 Å². The number of rotatable bonds is 13. The van der Waals surface area contributed by atoms with Gasteiger partial charge in [0.25, 0.3) is 5.91 Å². The summed E-state index contributed by atoms with van der Waals surface area (Å²) in [7, 11) is 0. The molecule has 10 heteroatoms. The lowest BCUT2D eigenvalue weighted by atomic mass is 9.87. The van der Waals surface area contributed by atoms with Gasteiger partial charge in [0.05, 0.1) is 18.4 Å². The van der Waals surface area contributed by atoms with E-state index in [2.05, 4.69) is 33.6 Å². The summed E-state index contributed by atoms with van der Waals surface area (Å²) in [6.45, 7) is 0.0191. The molecule has 2 aliphatic rings. The Morgan fingerprint density at radius 2 is 1.57 bits per heavy atom. The van der Waals surface area contributed by atoms with Crippen molar-refractivity contribution in [3.63, 3.8) is 0 Å². The van der Waals surface area contributed by atoms with Crippen LogP contribution in [-0.2, 0) is 16.0 Å². The number of carboxylic acid groups (broad SMARTS) is 1. The maximum atomic E-state index is 14.0. The van der Waals surface area contributed by atoms with Gasteiger partial charge in [-0.25, -0.2) is 0 Å². The van der Waals surface area contributed by atoms with Gasteiger partial charge in [0.15, 0.2) is 0 Å². The number of carboxylic acids is 1. The number of alkyl halides is 3. The maximum Gasteiger partial charge on any atom is 0.573 e. The molecule has 1 saturated carbocycles. The largest absolute Gasteiger partial charge is 0.573 e. The second-order valence-electron chi connectivity index (χ2n) is 11.9. The van der Waals surface area contributed by atoms with E-state index in [0.717, 1.165) is 48.8 Å². The smallest absolute Gasteiger partial charge is 0.481 e. The molecule has 1 fully saturated rings. The Morgan fingerprint density at radius 3 is 2.15 bits per heavy atom. The third-order valence-corrected chi connectivity index (χ3v) is 8.44. The summed E-state index contributed by atoms with van der Waals surface area (Å²) in [6, 6.07) is 20.2. The van der Waals surface area contributed by atoms with E-state index in [4.69, 9.17) is 5.11 Å². The molecule has 2 atom stereocenters. The molecule has 0 aromatic heterocycles. The Kier molecular flexibility index (Phi) is 10.4. The Labute approximate surface area is 265 Å². The third kappa shape index (κ3) is 9.22. The molecule has 46 heavy (non-hydrogen) atoms. The van der Waals surface area contributed by atoms with Gasteiger partial charge >= 0.3 is 12.3 Å². The molecule has 0 aliphatic heterocycles. The fraction of sp³-hybridized carbons (Fsp3) is 0.361. The molecule has 3 aromatic carbocycles. The van der Waals surface area contributed by atoms with Crippen LogP contribution in [0.1, 0.15) is 89.5 Å². The lowest BCUT2D eigenvalue weighted by Crippen LogP contribution is -2.35. The van der Waals surface area contributed by atoms with E-state index in [1.54, 1.807) is 36.4 Å². The number of carbonyl (C=O) groups excluding carboxylic acids is 2. The molecule has 0 bridgehead atoms. The van der Waals surface area contributed by atoms with Crippen molar-refractivity contribution >= 4 is 23.4 Å². The summed E-state index contributed by atoms with van der Waals surface area (Å²) in [5.74, 6) is -2.29. The van der Waals surface area contributed by atoms with Crippen molar-refractivity contribution in [3.05, 3.63) is 107 Å². The van der Waals surface area contributed by atoms with Gasteiger partial charge in [0.1, 0.15) is 5.75 Å². The zero-order chi connectivity index (χ0) is 32.7. The monoisotopic (exact) mass is 634 g/mol. The minimum atomic E-state index is -4.79. The van der Waals surface area contributed by atoms with Crippen LogP contribution in [0.3, 0.4) is 0 Å². The first kappa shape index (κ1) is 32.8. The second kappa shape index (κ2) is 14.7. The standard InChI is InChI=1S/C36H37F3N2O5/c37-36(38,39)46-30-18-16-28(17-19-30)33(27-14-15-27)41-35(45)31(26-12-10-25(11-13-26)24-4-2-1-3-5-24)22-23-6-8-29(9-7-23)34(44)40-21-20-32(42)43/h4,6-13,16-19,27,31,33H,1-3,5,14-15,20-22H2,(H,40,44)(H,41,45)(H,42,43). The quantitative estimate of drug-likeness (QED) is 0.183. The minimum Gasteiger partial charge on any atom is -0.481 e. The van der Waals surface area contributed by atoms with Crippen molar-refractivity contribution in [2.24, 2.45) is 5.92 Å². The van der Waals surface area contributed by atoms with Crippen LogP contribution in [0, 0.1) is 5.92 Å². The molecule has 7 nitrogen and oxygen atoms in total. The van der Waals surface area contributed by atoms with E-state index in [1.165, 1.54) is 24.1 Å². The first-order valence-corrected chi connectivity index (χ1v) is 15.6. The fourth-order valence-corrected chi connectivity index (χ4v) is 5.84. The number of hydrogen-bond acceptors (Lipinski definition) is 4. The molecule has 3 N–H and O–H groups in total. The van der Waals surface area contributed by atoms with Crippen molar-refractivity contribution in [2.75, 3.05) is 6.54 Å². The van der Waals surface area contributed by atoms with Gasteiger partial charge in [-0.2, -0.15) is 0 Å². The van der Waals surface area contributed by atoms with Crippen molar-refractivity contribution in [1.29, 1.82) is 0 Å². The Bertz CT molecular complexity index is 1550. The minimum absolute atomic E-state index is 0.0191. The summed E-state index contributed by atoms with van der Waals surface area (Å²) < 4.78 is 42.1. The molecule has 0 radical (unpaired) electrons. The first-order valence-electron chi connectivity index (χ1n) is 15.6. The highest BCUT2D eigenvalue weighted by atomic mass is 19.4. The molecule has 0 saturated heterocycles. The number of halogens is 3. The van der Waals surface area contributed by atoms with Crippen LogP contribution in [-0.4, -0.2) is 35.8 Å². The Hall–Kier alpha value is -4.60. The molecule has 2 aliphatic carbocycles. The van der Waals surface area contributed by atoms with Crippen LogP contribution in [0.5, 0.6) is 5.75 Å². The van der Waals surface area contributed by atoms with Gasteiger partial charge in [0, 0.05) is 12.1 Å². The van der Waals surface area contributed by atoms with Crippen molar-refractivity contribution in [3.8, 4) is 5.75 Å². The number of amides is 2. The van der Waals surface area contributed by atoms with Gasteiger partial charge in [-0.1, -0.05) is 54.6 Å². The average Bonchev–Trinajstić information content (AvgIpc) is 3.88. The van der Waals surface area contributed by atoms with E-state index in [1.807, 2.05) is 12.1 Å². The SMILES string of the molecule is O=C(O)CCNC(=O)c1ccc(CC(C(=O)NC(c2ccc(OC(F)(F)F)cc2)C2CC2)c2ccc(C3=CCCCC3)cc2)cc1. The van der Waals surface area contributed by atoms with Crippen LogP contribution < -0.4 is 15.4 Å². The van der Waals surface area contributed by atoms with Crippen LogP contribution in [0.25, 0.3) is 5.57 Å². The lowest BCUT2D eigenvalue weighted by molar-refractivity contribution is -0.274. The highest BCUT2D eigenvalue weighted by Crippen LogP contribution is 2.42. The fourth-order valence-electron chi connectivity index (χ4n) is 5.84. The average molecular weight is 635 g/mol. The van der Waals surface area contributed by atoms with Crippen molar-refractivity contribution < 1.29 is 37.4 Å². The van der Waals surface area contributed by atoms with E-state index >= 15 is 0 Å². The van der Waals surface area contributed by atoms with E-state index in [-0.39, 0.29) is 42.5 Å². The molecule has 242 valence electrons. The Morgan fingerprint density at radius 1 is 0.891 bits per heavy atom.